The lowest BCUT2D eigenvalue weighted by Gasteiger charge is -2.15. The Labute approximate surface area is 110 Å². The molecule has 0 aliphatic heterocycles. The van der Waals surface area contributed by atoms with E-state index in [0.717, 1.165) is 30.9 Å². The summed E-state index contributed by atoms with van der Waals surface area (Å²) in [5, 5.41) is 3.55. The third-order valence-electron chi connectivity index (χ3n) is 3.97. The summed E-state index contributed by atoms with van der Waals surface area (Å²) in [4.78, 5) is 0. The molecular formula is C15H24N2O. The van der Waals surface area contributed by atoms with Gasteiger partial charge in [0, 0.05) is 32.5 Å². The molecule has 0 heterocycles. The van der Waals surface area contributed by atoms with Gasteiger partial charge in [-0.05, 0) is 48.8 Å². The topological polar surface area (TPSA) is 47.3 Å². The van der Waals surface area contributed by atoms with E-state index in [0.29, 0.717) is 5.41 Å². The number of hydrogen-bond donors (Lipinski definition) is 2. The molecule has 3 N–H and O–H groups in total. The standard InChI is InChI=1S/C15H24N2O/c1-12-3-4-13(9-14(12)16)10-17-11-15(5-6-15)7-8-18-2/h3-4,9,17H,5-8,10-11,16H2,1-2H3. The van der Waals surface area contributed by atoms with Gasteiger partial charge in [-0.3, -0.25) is 0 Å². The molecule has 0 unspecified atom stereocenters. The number of hydrogen-bond acceptors (Lipinski definition) is 3. The number of aryl methyl sites for hydroxylation is 1. The van der Waals surface area contributed by atoms with Crippen LogP contribution in [0.3, 0.4) is 0 Å². The molecule has 100 valence electrons. The fraction of sp³-hybridized carbons (Fsp3) is 0.600. The van der Waals surface area contributed by atoms with Crippen molar-refractivity contribution >= 4 is 5.69 Å². The Hall–Kier alpha value is -1.06. The number of nitrogen functional groups attached to an aromatic ring is 1. The van der Waals surface area contributed by atoms with Gasteiger partial charge in [-0.15, -0.1) is 0 Å². The van der Waals surface area contributed by atoms with Gasteiger partial charge in [0.15, 0.2) is 0 Å². The van der Waals surface area contributed by atoms with Crippen LogP contribution in [0.25, 0.3) is 0 Å². The Morgan fingerprint density at radius 2 is 2.17 bits per heavy atom. The normalized spacial score (nSPS) is 16.8. The third kappa shape index (κ3) is 3.47. The predicted octanol–water partition coefficient (Wildman–Crippen LogP) is 2.48. The summed E-state index contributed by atoms with van der Waals surface area (Å²) in [6, 6.07) is 6.30. The van der Waals surface area contributed by atoms with Crippen molar-refractivity contribution in [3.8, 4) is 0 Å². The molecule has 1 aromatic rings. The molecular weight excluding hydrogens is 224 g/mol. The minimum atomic E-state index is 0.506. The minimum Gasteiger partial charge on any atom is -0.399 e. The Kier molecular flexibility index (Phi) is 4.25. The van der Waals surface area contributed by atoms with Crippen molar-refractivity contribution in [1.29, 1.82) is 0 Å². The van der Waals surface area contributed by atoms with Gasteiger partial charge >= 0.3 is 0 Å². The molecule has 1 aliphatic carbocycles. The molecule has 18 heavy (non-hydrogen) atoms. The van der Waals surface area contributed by atoms with E-state index >= 15 is 0 Å². The number of nitrogens with one attached hydrogen (secondary N) is 1. The molecule has 3 nitrogen and oxygen atoms in total. The molecule has 0 radical (unpaired) electrons. The van der Waals surface area contributed by atoms with Gasteiger partial charge in [-0.2, -0.15) is 0 Å². The first-order chi connectivity index (χ1) is 8.65. The minimum absolute atomic E-state index is 0.506. The van der Waals surface area contributed by atoms with Gasteiger partial charge in [0.25, 0.3) is 0 Å². The molecule has 2 rings (SSSR count). The number of benzene rings is 1. The maximum atomic E-state index is 5.91. The lowest BCUT2D eigenvalue weighted by Crippen LogP contribution is -2.24. The second-order valence-electron chi connectivity index (χ2n) is 5.54. The zero-order valence-corrected chi connectivity index (χ0v) is 11.5. The van der Waals surface area contributed by atoms with E-state index in [1.165, 1.54) is 24.8 Å². The SMILES string of the molecule is COCCC1(CNCc2ccc(C)c(N)c2)CC1. The molecule has 0 bridgehead atoms. The molecule has 0 amide bonds. The lowest BCUT2D eigenvalue weighted by molar-refractivity contribution is 0.171. The molecule has 1 fully saturated rings. The first-order valence-electron chi connectivity index (χ1n) is 6.70. The van der Waals surface area contributed by atoms with Crippen LogP contribution < -0.4 is 11.1 Å². The highest BCUT2D eigenvalue weighted by Gasteiger charge is 2.41. The average molecular weight is 248 g/mol. The predicted molar refractivity (Wildman–Crippen MR) is 75.5 cm³/mol. The highest BCUT2D eigenvalue weighted by molar-refractivity contribution is 5.48. The zero-order valence-electron chi connectivity index (χ0n) is 11.5. The summed E-state index contributed by atoms with van der Waals surface area (Å²) in [7, 11) is 1.78. The summed E-state index contributed by atoms with van der Waals surface area (Å²) in [5.74, 6) is 0. The van der Waals surface area contributed by atoms with Crippen molar-refractivity contribution in [1.82, 2.24) is 5.32 Å². The van der Waals surface area contributed by atoms with Crippen LogP contribution in [0, 0.1) is 12.3 Å². The fourth-order valence-electron chi connectivity index (χ4n) is 2.28. The maximum absolute atomic E-state index is 5.91. The number of rotatable bonds is 7. The van der Waals surface area contributed by atoms with Crippen LogP contribution in [0.2, 0.25) is 0 Å². The highest BCUT2D eigenvalue weighted by Crippen LogP contribution is 2.48. The molecule has 1 aromatic carbocycles. The van der Waals surface area contributed by atoms with Gasteiger partial charge < -0.3 is 15.8 Å². The van der Waals surface area contributed by atoms with Crippen LogP contribution in [0.4, 0.5) is 5.69 Å². The summed E-state index contributed by atoms with van der Waals surface area (Å²) in [5.41, 5.74) is 9.72. The van der Waals surface area contributed by atoms with E-state index in [1.807, 2.05) is 6.92 Å². The van der Waals surface area contributed by atoms with Gasteiger partial charge in [0.05, 0.1) is 0 Å². The summed E-state index contributed by atoms with van der Waals surface area (Å²) in [6.45, 7) is 4.90. The van der Waals surface area contributed by atoms with Gasteiger partial charge in [-0.1, -0.05) is 12.1 Å². The van der Waals surface area contributed by atoms with Crippen LogP contribution >= 0.6 is 0 Å². The van der Waals surface area contributed by atoms with Gasteiger partial charge in [0.1, 0.15) is 0 Å². The van der Waals surface area contributed by atoms with Gasteiger partial charge in [0.2, 0.25) is 0 Å². The Bertz CT molecular complexity index is 399. The molecule has 0 spiro atoms. The summed E-state index contributed by atoms with van der Waals surface area (Å²) in [6.07, 6.45) is 3.84. The first-order valence-corrected chi connectivity index (χ1v) is 6.70. The molecule has 1 aliphatic rings. The lowest BCUT2D eigenvalue weighted by atomic mass is 10.0. The average Bonchev–Trinajstić information content (AvgIpc) is 3.12. The maximum Gasteiger partial charge on any atom is 0.0468 e. The Morgan fingerprint density at radius 1 is 1.39 bits per heavy atom. The van der Waals surface area contributed by atoms with Crippen LogP contribution in [0.15, 0.2) is 18.2 Å². The molecule has 1 saturated carbocycles. The van der Waals surface area contributed by atoms with Crippen LogP contribution in [0.1, 0.15) is 30.4 Å². The van der Waals surface area contributed by atoms with Crippen molar-refractivity contribution in [3.05, 3.63) is 29.3 Å². The van der Waals surface area contributed by atoms with Crippen molar-refractivity contribution in [2.45, 2.75) is 32.7 Å². The molecule has 0 saturated heterocycles. The zero-order chi connectivity index (χ0) is 13.0. The number of nitrogens with two attached hydrogens (primary N) is 1. The highest BCUT2D eigenvalue weighted by atomic mass is 16.5. The second kappa shape index (κ2) is 5.72. The fourth-order valence-corrected chi connectivity index (χ4v) is 2.28. The van der Waals surface area contributed by atoms with E-state index in [1.54, 1.807) is 7.11 Å². The molecule has 0 aromatic heterocycles. The van der Waals surface area contributed by atoms with E-state index in [-0.39, 0.29) is 0 Å². The van der Waals surface area contributed by atoms with Crippen molar-refractivity contribution in [2.24, 2.45) is 5.41 Å². The molecule has 0 atom stereocenters. The monoisotopic (exact) mass is 248 g/mol. The van der Waals surface area contributed by atoms with E-state index in [4.69, 9.17) is 10.5 Å². The molecule has 3 heteroatoms. The number of methoxy groups -OCH3 is 1. The second-order valence-corrected chi connectivity index (χ2v) is 5.54. The van der Waals surface area contributed by atoms with Crippen molar-refractivity contribution in [3.63, 3.8) is 0 Å². The van der Waals surface area contributed by atoms with E-state index in [2.05, 4.69) is 23.5 Å². The quantitative estimate of drug-likeness (QED) is 0.729. The van der Waals surface area contributed by atoms with E-state index in [9.17, 15) is 0 Å². The number of anilines is 1. The Morgan fingerprint density at radius 3 is 2.78 bits per heavy atom. The summed E-state index contributed by atoms with van der Waals surface area (Å²) < 4.78 is 5.17. The Balaban J connectivity index is 1.76. The van der Waals surface area contributed by atoms with Crippen molar-refractivity contribution < 1.29 is 4.74 Å². The largest absolute Gasteiger partial charge is 0.399 e. The third-order valence-corrected chi connectivity index (χ3v) is 3.97. The first kappa shape index (κ1) is 13.4. The smallest absolute Gasteiger partial charge is 0.0468 e. The summed E-state index contributed by atoms with van der Waals surface area (Å²) >= 11 is 0. The number of ether oxygens (including phenoxy) is 1. The van der Waals surface area contributed by atoms with Crippen molar-refractivity contribution in [2.75, 3.05) is 26.0 Å². The van der Waals surface area contributed by atoms with Gasteiger partial charge in [-0.25, -0.2) is 0 Å². The van der Waals surface area contributed by atoms with Crippen LogP contribution in [0.5, 0.6) is 0 Å². The van der Waals surface area contributed by atoms with Crippen LogP contribution in [-0.2, 0) is 11.3 Å². The van der Waals surface area contributed by atoms with Crippen LogP contribution in [-0.4, -0.2) is 20.3 Å². The van der Waals surface area contributed by atoms with E-state index < -0.39 is 0 Å².